The summed E-state index contributed by atoms with van der Waals surface area (Å²) in [4.78, 5) is 20.8. The average molecular weight is 471 g/mol. The highest BCUT2D eigenvalue weighted by molar-refractivity contribution is 7.89. The number of hydrogen-bond acceptors (Lipinski definition) is 6. The Morgan fingerprint density at radius 3 is 2.50 bits per heavy atom. The fraction of sp³-hybridized carbons (Fsp3) is 0.500. The van der Waals surface area contributed by atoms with E-state index in [9.17, 15) is 13.2 Å². The Bertz CT molecular complexity index is 1000. The SMILES string of the molecule is CC1CCN(S(=O)(=O)c2ccc(C(=O)Nc3nc4c(s3)CN(C)CC4)cc2)CC1.Cl. The molecule has 7 nitrogen and oxygen atoms in total. The van der Waals surface area contributed by atoms with Gasteiger partial charge in [-0.05, 0) is 50.1 Å². The van der Waals surface area contributed by atoms with Crippen LogP contribution in [0.3, 0.4) is 0 Å². The van der Waals surface area contributed by atoms with E-state index in [2.05, 4.69) is 29.2 Å². The molecule has 10 heteroatoms. The number of piperidine rings is 1. The number of halogens is 1. The van der Waals surface area contributed by atoms with Crippen molar-refractivity contribution in [2.24, 2.45) is 5.92 Å². The van der Waals surface area contributed by atoms with Gasteiger partial charge in [0.1, 0.15) is 0 Å². The number of anilines is 1. The predicted molar refractivity (Wildman–Crippen MR) is 121 cm³/mol. The van der Waals surface area contributed by atoms with E-state index >= 15 is 0 Å². The number of hydrogen-bond donors (Lipinski definition) is 1. The van der Waals surface area contributed by atoms with Crippen LogP contribution in [0.1, 0.15) is 40.7 Å². The number of rotatable bonds is 4. The molecule has 4 rings (SSSR count). The number of benzene rings is 1. The van der Waals surface area contributed by atoms with E-state index in [1.807, 2.05) is 0 Å². The molecule has 2 aromatic rings. The minimum Gasteiger partial charge on any atom is -0.301 e. The zero-order chi connectivity index (χ0) is 20.6. The number of amides is 1. The molecule has 30 heavy (non-hydrogen) atoms. The van der Waals surface area contributed by atoms with E-state index in [1.54, 1.807) is 16.4 Å². The van der Waals surface area contributed by atoms with Crippen molar-refractivity contribution in [1.29, 1.82) is 0 Å². The van der Waals surface area contributed by atoms with Gasteiger partial charge in [-0.1, -0.05) is 6.92 Å². The van der Waals surface area contributed by atoms with Gasteiger partial charge in [-0.2, -0.15) is 4.31 Å². The molecule has 0 bridgehead atoms. The Labute approximate surface area is 187 Å². The number of nitrogens with one attached hydrogen (secondary N) is 1. The van der Waals surface area contributed by atoms with Crippen LogP contribution in [0.15, 0.2) is 29.2 Å². The number of carbonyl (C=O) groups excluding carboxylic acids is 1. The first-order valence-corrected chi connectivity index (χ1v) is 12.2. The van der Waals surface area contributed by atoms with Crippen LogP contribution in [0.5, 0.6) is 0 Å². The smallest absolute Gasteiger partial charge is 0.257 e. The van der Waals surface area contributed by atoms with Gasteiger partial charge in [0.15, 0.2) is 5.13 Å². The summed E-state index contributed by atoms with van der Waals surface area (Å²) in [5, 5.41) is 3.44. The number of fused-ring (bicyclic) bond motifs is 1. The number of sulfonamides is 1. The van der Waals surface area contributed by atoms with Gasteiger partial charge in [-0.15, -0.1) is 23.7 Å². The van der Waals surface area contributed by atoms with Gasteiger partial charge in [-0.3, -0.25) is 10.1 Å². The van der Waals surface area contributed by atoms with Gasteiger partial charge >= 0.3 is 0 Å². The highest BCUT2D eigenvalue weighted by Crippen LogP contribution is 2.28. The zero-order valence-electron chi connectivity index (χ0n) is 17.1. The van der Waals surface area contributed by atoms with Crippen LogP contribution < -0.4 is 5.32 Å². The lowest BCUT2D eigenvalue weighted by atomic mass is 10.0. The monoisotopic (exact) mass is 470 g/mol. The van der Waals surface area contributed by atoms with Crippen LogP contribution in [0.2, 0.25) is 0 Å². The molecule has 0 atom stereocenters. The molecular weight excluding hydrogens is 444 g/mol. The van der Waals surface area contributed by atoms with E-state index in [-0.39, 0.29) is 23.2 Å². The van der Waals surface area contributed by atoms with Crippen molar-refractivity contribution < 1.29 is 13.2 Å². The van der Waals surface area contributed by atoms with Gasteiger partial charge in [0.25, 0.3) is 5.91 Å². The standard InChI is InChI=1S/C20H26N4O3S2.ClH/c1-14-7-11-24(12-8-14)29(26,27)16-5-3-15(4-6-16)19(25)22-20-21-17-9-10-23(2)13-18(17)28-20;/h3-6,14H,7-13H2,1-2H3,(H,21,22,25);1H. The van der Waals surface area contributed by atoms with E-state index < -0.39 is 10.0 Å². The van der Waals surface area contributed by atoms with E-state index in [1.165, 1.54) is 28.3 Å². The number of nitrogens with zero attached hydrogens (tertiary/aromatic N) is 3. The third-order valence-electron chi connectivity index (χ3n) is 5.64. The summed E-state index contributed by atoms with van der Waals surface area (Å²) in [6.07, 6.45) is 2.65. The first kappa shape index (κ1) is 23.1. The summed E-state index contributed by atoms with van der Waals surface area (Å²) in [5.41, 5.74) is 1.47. The Morgan fingerprint density at radius 2 is 1.83 bits per heavy atom. The van der Waals surface area contributed by atoms with Crippen molar-refractivity contribution in [3.8, 4) is 0 Å². The van der Waals surface area contributed by atoms with E-state index in [0.717, 1.165) is 38.0 Å². The van der Waals surface area contributed by atoms with Gasteiger partial charge in [0.2, 0.25) is 10.0 Å². The largest absolute Gasteiger partial charge is 0.301 e. The Kier molecular flexibility index (Phi) is 7.19. The van der Waals surface area contributed by atoms with Crippen molar-refractivity contribution in [3.05, 3.63) is 40.4 Å². The third-order valence-corrected chi connectivity index (χ3v) is 8.55. The van der Waals surface area contributed by atoms with Crippen LogP contribution in [0, 0.1) is 5.92 Å². The second-order valence-corrected chi connectivity index (χ2v) is 11.0. The lowest BCUT2D eigenvalue weighted by molar-refractivity contribution is 0.102. The number of thiazole rings is 1. The van der Waals surface area contributed by atoms with Gasteiger partial charge in [0.05, 0.1) is 10.6 Å². The molecule has 164 valence electrons. The topological polar surface area (TPSA) is 82.6 Å². The number of carbonyl (C=O) groups is 1. The Balaban J connectivity index is 0.00000256. The normalized spacial score (nSPS) is 18.5. The van der Waals surface area contributed by atoms with Crippen LogP contribution in [-0.2, 0) is 23.0 Å². The highest BCUT2D eigenvalue weighted by Gasteiger charge is 2.28. The maximum atomic E-state index is 12.8. The summed E-state index contributed by atoms with van der Waals surface area (Å²) in [6, 6.07) is 6.17. The second kappa shape index (κ2) is 9.32. The summed E-state index contributed by atoms with van der Waals surface area (Å²) in [6.45, 7) is 5.07. The molecule has 3 heterocycles. The minimum absolute atomic E-state index is 0. The van der Waals surface area contributed by atoms with Crippen LogP contribution in [0.4, 0.5) is 5.13 Å². The Morgan fingerprint density at radius 1 is 1.17 bits per heavy atom. The van der Waals surface area contributed by atoms with Crippen molar-refractivity contribution >= 4 is 44.8 Å². The van der Waals surface area contributed by atoms with E-state index in [4.69, 9.17) is 0 Å². The molecule has 2 aliphatic heterocycles. The Hall–Kier alpha value is -1.52. The maximum absolute atomic E-state index is 12.8. The highest BCUT2D eigenvalue weighted by atomic mass is 35.5. The summed E-state index contributed by atoms with van der Waals surface area (Å²) in [7, 11) is -1.44. The van der Waals surface area contributed by atoms with Gasteiger partial charge < -0.3 is 4.90 Å². The van der Waals surface area contributed by atoms with Crippen molar-refractivity contribution in [2.45, 2.75) is 37.6 Å². The minimum atomic E-state index is -3.51. The predicted octanol–water partition coefficient (Wildman–Crippen LogP) is 3.23. The van der Waals surface area contributed by atoms with Gasteiger partial charge in [-0.25, -0.2) is 13.4 Å². The zero-order valence-corrected chi connectivity index (χ0v) is 19.6. The van der Waals surface area contributed by atoms with Crippen LogP contribution in [0.25, 0.3) is 0 Å². The number of likely N-dealkylation sites (N-methyl/N-ethyl adjacent to an activating group) is 1. The number of aromatic nitrogens is 1. The van der Waals surface area contributed by atoms with E-state index in [0.29, 0.717) is 29.7 Å². The molecule has 2 aliphatic rings. The molecule has 0 saturated carbocycles. The van der Waals surface area contributed by atoms with Crippen molar-refractivity contribution in [3.63, 3.8) is 0 Å². The average Bonchev–Trinajstić information content (AvgIpc) is 3.09. The van der Waals surface area contributed by atoms with Crippen molar-refractivity contribution in [2.75, 3.05) is 32.0 Å². The quantitative estimate of drug-likeness (QED) is 0.741. The first-order chi connectivity index (χ1) is 13.8. The molecule has 0 spiro atoms. The second-order valence-electron chi connectivity index (χ2n) is 7.94. The molecule has 0 unspecified atom stereocenters. The maximum Gasteiger partial charge on any atom is 0.257 e. The third kappa shape index (κ3) is 4.86. The summed E-state index contributed by atoms with van der Waals surface area (Å²) < 4.78 is 27.2. The lowest BCUT2D eigenvalue weighted by Crippen LogP contribution is -2.37. The summed E-state index contributed by atoms with van der Waals surface area (Å²) >= 11 is 1.50. The molecule has 1 fully saturated rings. The van der Waals surface area contributed by atoms with Crippen LogP contribution in [-0.4, -0.2) is 55.2 Å². The summed E-state index contributed by atoms with van der Waals surface area (Å²) in [5.74, 6) is 0.282. The fourth-order valence-electron chi connectivity index (χ4n) is 3.70. The van der Waals surface area contributed by atoms with Crippen molar-refractivity contribution in [1.82, 2.24) is 14.2 Å². The molecule has 0 aliphatic carbocycles. The molecule has 1 amide bonds. The fourth-order valence-corrected chi connectivity index (χ4v) is 6.25. The molecule has 1 aromatic carbocycles. The molecule has 1 N–H and O–H groups in total. The van der Waals surface area contributed by atoms with Gasteiger partial charge in [0, 0.05) is 43.0 Å². The first-order valence-electron chi connectivity index (χ1n) is 9.91. The molecule has 1 saturated heterocycles. The molecule has 0 radical (unpaired) electrons. The van der Waals surface area contributed by atoms with Crippen LogP contribution >= 0.6 is 23.7 Å². The lowest BCUT2D eigenvalue weighted by Gasteiger charge is -2.29. The molecular formula is C20H27ClN4O3S2. The molecule has 1 aromatic heterocycles.